The first-order valence-corrected chi connectivity index (χ1v) is 7.27. The number of aromatic nitrogens is 1. The van der Waals surface area contributed by atoms with E-state index in [0.29, 0.717) is 25.1 Å². The zero-order valence-electron chi connectivity index (χ0n) is 12.9. The topological polar surface area (TPSA) is 80.3 Å². The second-order valence-electron chi connectivity index (χ2n) is 4.95. The highest BCUT2D eigenvalue weighted by molar-refractivity contribution is 5.84. The Balaban J connectivity index is 1.74. The fraction of sp³-hybridized carbons (Fsp3) is 0.235. The zero-order valence-corrected chi connectivity index (χ0v) is 12.9. The summed E-state index contributed by atoms with van der Waals surface area (Å²) < 4.78 is 4.52. The number of hydrogen-bond donors (Lipinski definition) is 2. The third-order valence-corrected chi connectivity index (χ3v) is 3.24. The van der Waals surface area contributed by atoms with Crippen molar-refractivity contribution < 1.29 is 14.3 Å². The molecule has 2 N–H and O–H groups in total. The molecular weight excluding hydrogens is 294 g/mol. The number of nitrogens with one attached hydrogen (secondary N) is 2. The van der Waals surface area contributed by atoms with Crippen LogP contribution in [0.5, 0.6) is 0 Å². The lowest BCUT2D eigenvalue weighted by Gasteiger charge is -2.07. The molecule has 6 nitrogen and oxygen atoms in total. The molecule has 23 heavy (non-hydrogen) atoms. The van der Waals surface area contributed by atoms with Gasteiger partial charge in [-0.2, -0.15) is 0 Å². The lowest BCUT2D eigenvalue weighted by atomic mass is 10.1. The molecule has 0 saturated carbocycles. The Morgan fingerprint density at radius 3 is 2.57 bits per heavy atom. The minimum Gasteiger partial charge on any atom is -0.453 e. The number of pyridine rings is 1. The van der Waals surface area contributed by atoms with Gasteiger partial charge in [0.2, 0.25) is 5.91 Å². The molecule has 1 aromatic carbocycles. The summed E-state index contributed by atoms with van der Waals surface area (Å²) in [5, 5.41) is 5.44. The van der Waals surface area contributed by atoms with E-state index in [1.54, 1.807) is 24.5 Å². The quantitative estimate of drug-likeness (QED) is 0.858. The minimum atomic E-state index is -0.513. The molecule has 1 aromatic heterocycles. The lowest BCUT2D eigenvalue weighted by Crippen LogP contribution is -2.23. The van der Waals surface area contributed by atoms with E-state index in [-0.39, 0.29) is 5.91 Å². The Hall–Kier alpha value is -2.89. The van der Waals surface area contributed by atoms with Gasteiger partial charge in [0, 0.05) is 31.0 Å². The first kappa shape index (κ1) is 16.5. The van der Waals surface area contributed by atoms with E-state index in [9.17, 15) is 9.59 Å². The minimum absolute atomic E-state index is 0.00869. The number of amides is 2. The normalized spacial score (nSPS) is 9.96. The highest BCUT2D eigenvalue weighted by atomic mass is 16.5. The maximum Gasteiger partial charge on any atom is 0.411 e. The first-order valence-electron chi connectivity index (χ1n) is 7.27. The van der Waals surface area contributed by atoms with Gasteiger partial charge in [-0.1, -0.05) is 18.2 Å². The summed E-state index contributed by atoms with van der Waals surface area (Å²) in [7, 11) is 1.31. The summed E-state index contributed by atoms with van der Waals surface area (Å²) in [6.45, 7) is 0.449. The summed E-state index contributed by atoms with van der Waals surface area (Å²) in [5.74, 6) is -0.00869. The van der Waals surface area contributed by atoms with Crippen molar-refractivity contribution >= 4 is 17.7 Å². The maximum atomic E-state index is 11.8. The average Bonchev–Trinajstić information content (AvgIpc) is 2.60. The highest BCUT2D eigenvalue weighted by Crippen LogP contribution is 2.10. The van der Waals surface area contributed by atoms with Crippen LogP contribution in [0.2, 0.25) is 0 Å². The van der Waals surface area contributed by atoms with E-state index in [2.05, 4.69) is 20.4 Å². The second kappa shape index (κ2) is 8.53. The zero-order chi connectivity index (χ0) is 16.5. The molecule has 2 rings (SSSR count). The van der Waals surface area contributed by atoms with Crippen molar-refractivity contribution in [2.75, 3.05) is 12.4 Å². The molecule has 0 aliphatic carbocycles. The second-order valence-corrected chi connectivity index (χ2v) is 4.95. The SMILES string of the molecule is COC(=O)Nc1ccc(CNC(=O)CCc2cccnc2)cc1. The van der Waals surface area contributed by atoms with Gasteiger partial charge in [0.05, 0.1) is 7.11 Å². The Morgan fingerprint density at radius 2 is 1.91 bits per heavy atom. The molecular formula is C17H19N3O3. The van der Waals surface area contributed by atoms with Gasteiger partial charge >= 0.3 is 6.09 Å². The lowest BCUT2D eigenvalue weighted by molar-refractivity contribution is -0.121. The van der Waals surface area contributed by atoms with Gasteiger partial charge < -0.3 is 10.1 Å². The standard InChI is InChI=1S/C17H19N3O3/c1-23-17(22)20-15-7-4-14(5-8-15)12-19-16(21)9-6-13-3-2-10-18-11-13/h2-5,7-8,10-11H,6,9,12H2,1H3,(H,19,21)(H,20,22). The number of carbonyl (C=O) groups excluding carboxylic acids is 2. The number of aryl methyl sites for hydroxylation is 1. The fourth-order valence-corrected chi connectivity index (χ4v) is 1.97. The fourth-order valence-electron chi connectivity index (χ4n) is 1.97. The summed E-state index contributed by atoms with van der Waals surface area (Å²) in [4.78, 5) is 26.9. The predicted octanol–water partition coefficient (Wildman–Crippen LogP) is 2.51. The van der Waals surface area contributed by atoms with Gasteiger partial charge in [-0.15, -0.1) is 0 Å². The Labute approximate surface area is 134 Å². The van der Waals surface area contributed by atoms with Crippen molar-refractivity contribution in [2.45, 2.75) is 19.4 Å². The molecule has 0 bridgehead atoms. The van der Waals surface area contributed by atoms with Gasteiger partial charge in [-0.25, -0.2) is 4.79 Å². The molecule has 6 heteroatoms. The number of carbonyl (C=O) groups is 2. The van der Waals surface area contributed by atoms with Crippen LogP contribution < -0.4 is 10.6 Å². The number of ether oxygens (including phenoxy) is 1. The third kappa shape index (κ3) is 5.78. The van der Waals surface area contributed by atoms with E-state index < -0.39 is 6.09 Å². The number of rotatable bonds is 6. The molecule has 2 aromatic rings. The predicted molar refractivity (Wildman–Crippen MR) is 86.9 cm³/mol. The molecule has 0 radical (unpaired) electrons. The van der Waals surface area contributed by atoms with Crippen LogP contribution in [0.4, 0.5) is 10.5 Å². The maximum absolute atomic E-state index is 11.8. The van der Waals surface area contributed by atoms with Crippen molar-refractivity contribution in [3.63, 3.8) is 0 Å². The van der Waals surface area contributed by atoms with Crippen molar-refractivity contribution in [3.8, 4) is 0 Å². The molecule has 120 valence electrons. The van der Waals surface area contributed by atoms with E-state index in [0.717, 1.165) is 11.1 Å². The number of hydrogen-bond acceptors (Lipinski definition) is 4. The highest BCUT2D eigenvalue weighted by Gasteiger charge is 2.04. The number of methoxy groups -OCH3 is 1. The van der Waals surface area contributed by atoms with Crippen molar-refractivity contribution in [1.29, 1.82) is 0 Å². The summed E-state index contributed by atoms with van der Waals surface area (Å²) in [5.41, 5.74) is 2.64. The molecule has 0 fully saturated rings. The molecule has 0 saturated heterocycles. The van der Waals surface area contributed by atoms with Crippen LogP contribution in [0, 0.1) is 0 Å². The first-order chi connectivity index (χ1) is 11.2. The van der Waals surface area contributed by atoms with Crippen LogP contribution in [0.3, 0.4) is 0 Å². The van der Waals surface area contributed by atoms with E-state index in [1.165, 1.54) is 7.11 Å². The van der Waals surface area contributed by atoms with Crippen molar-refractivity contribution in [3.05, 3.63) is 59.9 Å². The molecule has 0 aliphatic rings. The Kier molecular flexibility index (Phi) is 6.11. The number of benzene rings is 1. The summed E-state index contributed by atoms with van der Waals surface area (Å²) in [6.07, 6.45) is 4.05. The van der Waals surface area contributed by atoms with Crippen LogP contribution in [-0.4, -0.2) is 24.1 Å². The monoisotopic (exact) mass is 313 g/mol. The van der Waals surface area contributed by atoms with E-state index >= 15 is 0 Å². The van der Waals surface area contributed by atoms with Crippen LogP contribution in [0.25, 0.3) is 0 Å². The molecule has 1 heterocycles. The van der Waals surface area contributed by atoms with Crippen molar-refractivity contribution in [1.82, 2.24) is 10.3 Å². The van der Waals surface area contributed by atoms with Gasteiger partial charge in [-0.05, 0) is 35.7 Å². The number of nitrogens with zero attached hydrogens (tertiary/aromatic N) is 1. The van der Waals surface area contributed by atoms with Crippen LogP contribution in [0.1, 0.15) is 17.5 Å². The molecule has 0 spiro atoms. The largest absolute Gasteiger partial charge is 0.453 e. The van der Waals surface area contributed by atoms with Gasteiger partial charge in [-0.3, -0.25) is 15.1 Å². The average molecular weight is 313 g/mol. The van der Waals surface area contributed by atoms with Gasteiger partial charge in [0.25, 0.3) is 0 Å². The third-order valence-electron chi connectivity index (χ3n) is 3.24. The van der Waals surface area contributed by atoms with Gasteiger partial charge in [0.1, 0.15) is 0 Å². The Bertz CT molecular complexity index is 642. The number of anilines is 1. The molecule has 2 amide bonds. The van der Waals surface area contributed by atoms with Crippen LogP contribution in [0.15, 0.2) is 48.8 Å². The van der Waals surface area contributed by atoms with Crippen molar-refractivity contribution in [2.24, 2.45) is 0 Å². The smallest absolute Gasteiger partial charge is 0.411 e. The summed E-state index contributed by atoms with van der Waals surface area (Å²) in [6, 6.07) is 11.0. The van der Waals surface area contributed by atoms with Crippen LogP contribution >= 0.6 is 0 Å². The molecule has 0 unspecified atom stereocenters. The van der Waals surface area contributed by atoms with Gasteiger partial charge in [0.15, 0.2) is 0 Å². The Morgan fingerprint density at radius 1 is 1.13 bits per heavy atom. The molecule has 0 aliphatic heterocycles. The van der Waals surface area contributed by atoms with E-state index in [4.69, 9.17) is 0 Å². The van der Waals surface area contributed by atoms with E-state index in [1.807, 2.05) is 24.3 Å². The van der Waals surface area contributed by atoms with Crippen LogP contribution in [-0.2, 0) is 22.5 Å². The molecule has 0 atom stereocenters. The summed E-state index contributed by atoms with van der Waals surface area (Å²) >= 11 is 0.